The van der Waals surface area contributed by atoms with Crippen LogP contribution in [0.2, 0.25) is 0 Å². The number of rotatable bonds is 7. The third-order valence-corrected chi connectivity index (χ3v) is 5.00. The summed E-state index contributed by atoms with van der Waals surface area (Å²) < 4.78 is 11.4. The van der Waals surface area contributed by atoms with Crippen molar-refractivity contribution >= 4 is 29.3 Å². The topological polar surface area (TPSA) is 67.9 Å². The SMILES string of the molecule is Cc1ccc(OCCN2C(=O)COc3cc(NC(=O)/C=C/c4ccccc4)ccc32)cc1. The second kappa shape index (κ2) is 9.83. The van der Waals surface area contributed by atoms with Gasteiger partial charge in [-0.2, -0.15) is 0 Å². The predicted molar refractivity (Wildman–Crippen MR) is 125 cm³/mol. The first-order valence-corrected chi connectivity index (χ1v) is 10.4. The van der Waals surface area contributed by atoms with Gasteiger partial charge in [0.25, 0.3) is 5.91 Å². The molecule has 0 radical (unpaired) electrons. The molecule has 0 aliphatic carbocycles. The number of nitrogens with zero attached hydrogens (tertiary/aromatic N) is 1. The molecule has 162 valence electrons. The van der Waals surface area contributed by atoms with Gasteiger partial charge in [-0.25, -0.2) is 0 Å². The normalized spacial score (nSPS) is 12.9. The first-order chi connectivity index (χ1) is 15.6. The number of aryl methyl sites for hydroxylation is 1. The number of amides is 2. The van der Waals surface area contributed by atoms with Gasteiger partial charge in [-0.1, -0.05) is 48.0 Å². The molecule has 2 amide bonds. The molecule has 0 atom stereocenters. The van der Waals surface area contributed by atoms with Crippen molar-refractivity contribution in [2.75, 3.05) is 30.0 Å². The predicted octanol–water partition coefficient (Wildman–Crippen LogP) is 4.45. The highest BCUT2D eigenvalue weighted by Crippen LogP contribution is 2.34. The van der Waals surface area contributed by atoms with E-state index < -0.39 is 0 Å². The number of hydrogen-bond donors (Lipinski definition) is 1. The standard InChI is InChI=1S/C26H24N2O4/c1-19-7-11-22(12-8-19)31-16-15-28-23-13-10-21(17-24(23)32-18-26(28)30)27-25(29)14-9-20-5-3-2-4-6-20/h2-14,17H,15-16,18H2,1H3,(H,27,29)/b14-9+. The van der Waals surface area contributed by atoms with E-state index in [1.165, 1.54) is 6.08 Å². The van der Waals surface area contributed by atoms with Gasteiger partial charge in [0.15, 0.2) is 6.61 Å². The lowest BCUT2D eigenvalue weighted by Crippen LogP contribution is -2.41. The fraction of sp³-hybridized carbons (Fsp3) is 0.154. The largest absolute Gasteiger partial charge is 0.492 e. The van der Waals surface area contributed by atoms with E-state index >= 15 is 0 Å². The van der Waals surface area contributed by atoms with Crippen molar-refractivity contribution < 1.29 is 19.1 Å². The summed E-state index contributed by atoms with van der Waals surface area (Å²) in [6, 6.07) is 22.6. The molecule has 0 saturated heterocycles. The minimum Gasteiger partial charge on any atom is -0.492 e. The number of fused-ring (bicyclic) bond motifs is 1. The van der Waals surface area contributed by atoms with Crippen LogP contribution in [0.15, 0.2) is 78.9 Å². The number of hydrogen-bond acceptors (Lipinski definition) is 4. The maximum absolute atomic E-state index is 12.4. The Kier molecular flexibility index (Phi) is 6.51. The summed E-state index contributed by atoms with van der Waals surface area (Å²) in [6.07, 6.45) is 3.23. The Labute approximate surface area is 187 Å². The maximum atomic E-state index is 12.4. The number of carbonyl (C=O) groups is 2. The molecule has 32 heavy (non-hydrogen) atoms. The molecule has 4 rings (SSSR count). The summed E-state index contributed by atoms with van der Waals surface area (Å²) >= 11 is 0. The second-order valence-electron chi connectivity index (χ2n) is 7.41. The molecule has 1 aliphatic rings. The summed E-state index contributed by atoms with van der Waals surface area (Å²) in [5.41, 5.74) is 3.36. The van der Waals surface area contributed by atoms with Crippen LogP contribution in [0.5, 0.6) is 11.5 Å². The summed E-state index contributed by atoms with van der Waals surface area (Å²) in [6.45, 7) is 2.72. The Morgan fingerprint density at radius 3 is 2.66 bits per heavy atom. The van der Waals surface area contributed by atoms with Gasteiger partial charge >= 0.3 is 0 Å². The van der Waals surface area contributed by atoms with Crippen LogP contribution in [0.4, 0.5) is 11.4 Å². The van der Waals surface area contributed by atoms with Crippen molar-refractivity contribution in [2.24, 2.45) is 0 Å². The van der Waals surface area contributed by atoms with Crippen molar-refractivity contribution in [1.82, 2.24) is 0 Å². The van der Waals surface area contributed by atoms with E-state index in [1.54, 1.807) is 29.2 Å². The molecule has 1 N–H and O–H groups in total. The number of benzene rings is 3. The van der Waals surface area contributed by atoms with E-state index in [9.17, 15) is 9.59 Å². The van der Waals surface area contributed by atoms with Crippen LogP contribution >= 0.6 is 0 Å². The van der Waals surface area contributed by atoms with Crippen LogP contribution in [-0.4, -0.2) is 31.6 Å². The Hall–Kier alpha value is -4.06. The first-order valence-electron chi connectivity index (χ1n) is 10.4. The van der Waals surface area contributed by atoms with Crippen LogP contribution in [0.25, 0.3) is 6.08 Å². The molecular weight excluding hydrogens is 404 g/mol. The summed E-state index contributed by atoms with van der Waals surface area (Å²) in [5, 5.41) is 2.82. The third kappa shape index (κ3) is 5.35. The number of anilines is 2. The molecule has 6 nitrogen and oxygen atoms in total. The van der Waals surface area contributed by atoms with Crippen molar-refractivity contribution in [2.45, 2.75) is 6.92 Å². The smallest absolute Gasteiger partial charge is 0.265 e. The molecule has 0 spiro atoms. The van der Waals surface area contributed by atoms with Gasteiger partial charge in [0.2, 0.25) is 5.91 Å². The van der Waals surface area contributed by atoms with Gasteiger partial charge in [-0.05, 0) is 42.8 Å². The molecule has 0 bridgehead atoms. The number of ether oxygens (including phenoxy) is 2. The highest BCUT2D eigenvalue weighted by atomic mass is 16.5. The van der Waals surface area contributed by atoms with Crippen LogP contribution in [0.3, 0.4) is 0 Å². The second-order valence-corrected chi connectivity index (χ2v) is 7.41. The van der Waals surface area contributed by atoms with Gasteiger partial charge in [0.1, 0.15) is 18.1 Å². The summed E-state index contributed by atoms with van der Waals surface area (Å²) in [5.74, 6) is 0.930. The van der Waals surface area contributed by atoms with Gasteiger partial charge in [-0.15, -0.1) is 0 Å². The minimum atomic E-state index is -0.246. The highest BCUT2D eigenvalue weighted by Gasteiger charge is 2.25. The molecule has 3 aromatic rings. The van der Waals surface area contributed by atoms with Crippen LogP contribution in [0.1, 0.15) is 11.1 Å². The van der Waals surface area contributed by atoms with E-state index in [1.807, 2.05) is 61.5 Å². The van der Waals surface area contributed by atoms with Gasteiger partial charge in [-0.3, -0.25) is 9.59 Å². The zero-order chi connectivity index (χ0) is 22.3. The zero-order valence-electron chi connectivity index (χ0n) is 17.8. The van der Waals surface area contributed by atoms with E-state index in [0.29, 0.717) is 30.3 Å². The quantitative estimate of drug-likeness (QED) is 0.565. The molecule has 0 fully saturated rings. The molecular formula is C26H24N2O4. The zero-order valence-corrected chi connectivity index (χ0v) is 17.8. The Balaban J connectivity index is 1.38. The lowest BCUT2D eigenvalue weighted by Gasteiger charge is -2.29. The van der Waals surface area contributed by atoms with Crippen LogP contribution in [0, 0.1) is 6.92 Å². The summed E-state index contributed by atoms with van der Waals surface area (Å²) in [4.78, 5) is 26.3. The van der Waals surface area contributed by atoms with Gasteiger partial charge in [0.05, 0.1) is 12.2 Å². The molecule has 0 saturated carbocycles. The lowest BCUT2D eigenvalue weighted by molar-refractivity contribution is -0.121. The molecule has 3 aromatic carbocycles. The van der Waals surface area contributed by atoms with E-state index in [0.717, 1.165) is 16.9 Å². The van der Waals surface area contributed by atoms with Crippen molar-refractivity contribution in [3.8, 4) is 11.5 Å². The van der Waals surface area contributed by atoms with Crippen LogP contribution < -0.4 is 19.7 Å². The fourth-order valence-corrected chi connectivity index (χ4v) is 3.34. The monoisotopic (exact) mass is 428 g/mol. The Morgan fingerprint density at radius 1 is 1.09 bits per heavy atom. The molecule has 1 aliphatic heterocycles. The van der Waals surface area contributed by atoms with Gasteiger partial charge < -0.3 is 19.7 Å². The van der Waals surface area contributed by atoms with Crippen molar-refractivity contribution in [1.29, 1.82) is 0 Å². The van der Waals surface area contributed by atoms with Crippen molar-refractivity contribution in [3.63, 3.8) is 0 Å². The molecule has 0 unspecified atom stereocenters. The number of carbonyl (C=O) groups excluding carboxylic acids is 2. The van der Waals surface area contributed by atoms with E-state index in [2.05, 4.69) is 5.32 Å². The maximum Gasteiger partial charge on any atom is 0.265 e. The first kappa shape index (κ1) is 21.2. The van der Waals surface area contributed by atoms with Gasteiger partial charge in [0, 0.05) is 17.8 Å². The average molecular weight is 428 g/mol. The molecule has 1 heterocycles. The minimum absolute atomic E-state index is 0.0527. The summed E-state index contributed by atoms with van der Waals surface area (Å²) in [7, 11) is 0. The van der Waals surface area contributed by atoms with Crippen LogP contribution in [-0.2, 0) is 9.59 Å². The fourth-order valence-electron chi connectivity index (χ4n) is 3.34. The highest BCUT2D eigenvalue weighted by molar-refractivity contribution is 6.03. The number of nitrogens with one attached hydrogen (secondary N) is 1. The van der Waals surface area contributed by atoms with Crippen molar-refractivity contribution in [3.05, 3.63) is 90.0 Å². The van der Waals surface area contributed by atoms with E-state index in [4.69, 9.17) is 9.47 Å². The molecule has 6 heteroatoms. The Bertz CT molecular complexity index is 1120. The lowest BCUT2D eigenvalue weighted by atomic mass is 10.2. The molecule has 0 aromatic heterocycles. The van der Waals surface area contributed by atoms with E-state index in [-0.39, 0.29) is 18.4 Å². The average Bonchev–Trinajstić information content (AvgIpc) is 2.81. The third-order valence-electron chi connectivity index (χ3n) is 5.00. The Morgan fingerprint density at radius 2 is 1.88 bits per heavy atom.